The summed E-state index contributed by atoms with van der Waals surface area (Å²) < 4.78 is 0. The van der Waals surface area contributed by atoms with Crippen LogP contribution in [0.3, 0.4) is 0 Å². The second kappa shape index (κ2) is 7.50. The Morgan fingerprint density at radius 3 is 2.64 bits per heavy atom. The molecule has 130 valence electrons. The highest BCUT2D eigenvalue weighted by Gasteiger charge is 2.30. The summed E-state index contributed by atoms with van der Waals surface area (Å²) in [5, 5.41) is 3.13. The molecule has 1 N–H and O–H groups in total. The molecular formula is C19H19ClN2O2S. The summed E-state index contributed by atoms with van der Waals surface area (Å²) in [4.78, 5) is 27.6. The predicted molar refractivity (Wildman–Crippen MR) is 102 cm³/mol. The van der Waals surface area contributed by atoms with Crippen molar-refractivity contribution in [3.8, 4) is 0 Å². The number of halogens is 1. The Hall–Kier alpha value is -1.98. The van der Waals surface area contributed by atoms with Gasteiger partial charge in [-0.3, -0.25) is 9.59 Å². The number of thioether (sulfide) groups is 1. The van der Waals surface area contributed by atoms with Crippen LogP contribution in [0, 0.1) is 0 Å². The molecule has 0 bridgehead atoms. The van der Waals surface area contributed by atoms with Crippen molar-refractivity contribution < 1.29 is 9.59 Å². The summed E-state index contributed by atoms with van der Waals surface area (Å²) in [5.74, 6) is -0.181. The molecule has 0 spiro atoms. The van der Waals surface area contributed by atoms with Crippen LogP contribution in [0.5, 0.6) is 0 Å². The van der Waals surface area contributed by atoms with Crippen LogP contribution in [-0.2, 0) is 9.59 Å². The third-order valence-corrected chi connectivity index (χ3v) is 5.92. The van der Waals surface area contributed by atoms with E-state index >= 15 is 0 Å². The number of carbonyl (C=O) groups excluding carboxylic acids is 2. The van der Waals surface area contributed by atoms with Gasteiger partial charge in [-0.1, -0.05) is 35.9 Å². The number of anilines is 1. The number of fused-ring (bicyclic) bond motifs is 1. The first-order valence-corrected chi connectivity index (χ1v) is 9.29. The summed E-state index contributed by atoms with van der Waals surface area (Å²) in [5.41, 5.74) is 1.82. The molecular weight excluding hydrogens is 356 g/mol. The van der Waals surface area contributed by atoms with Crippen molar-refractivity contribution in [1.29, 1.82) is 0 Å². The van der Waals surface area contributed by atoms with Crippen LogP contribution >= 0.6 is 23.4 Å². The van der Waals surface area contributed by atoms with Crippen LogP contribution in [0.15, 0.2) is 53.4 Å². The molecule has 0 radical (unpaired) electrons. The number of nitrogens with one attached hydrogen (secondary N) is 1. The first-order valence-electron chi connectivity index (χ1n) is 8.03. The normalized spacial score (nSPS) is 17.4. The van der Waals surface area contributed by atoms with E-state index in [9.17, 15) is 9.59 Å². The standard InChI is InChI=1S/C19H19ClN2O2S/c1-12(13-7-9-14(20)10-8-13)22(2)18(23)11-17-19(24)21-15-5-3-4-6-16(15)25-17/h3-10,12,17H,11H2,1-2H3,(H,21,24). The van der Waals surface area contributed by atoms with Crippen LogP contribution in [0.2, 0.25) is 5.02 Å². The van der Waals surface area contributed by atoms with Gasteiger partial charge in [0.15, 0.2) is 0 Å². The second-order valence-electron chi connectivity index (χ2n) is 6.03. The van der Waals surface area contributed by atoms with Crippen LogP contribution in [0.25, 0.3) is 0 Å². The van der Waals surface area contributed by atoms with E-state index in [1.165, 1.54) is 11.8 Å². The summed E-state index contributed by atoms with van der Waals surface area (Å²) in [7, 11) is 1.76. The molecule has 0 aliphatic carbocycles. The molecule has 2 aromatic carbocycles. The Bertz CT molecular complexity index is 794. The lowest BCUT2D eigenvalue weighted by molar-refractivity contribution is -0.133. The molecule has 1 aliphatic heterocycles. The Morgan fingerprint density at radius 1 is 1.24 bits per heavy atom. The molecule has 6 heteroatoms. The van der Waals surface area contributed by atoms with E-state index in [2.05, 4.69) is 5.32 Å². The van der Waals surface area contributed by atoms with E-state index < -0.39 is 5.25 Å². The molecule has 25 heavy (non-hydrogen) atoms. The molecule has 1 aliphatic rings. The lowest BCUT2D eigenvalue weighted by atomic mass is 10.1. The van der Waals surface area contributed by atoms with E-state index in [1.54, 1.807) is 11.9 Å². The Morgan fingerprint density at radius 2 is 1.92 bits per heavy atom. The quantitative estimate of drug-likeness (QED) is 0.864. The van der Waals surface area contributed by atoms with Crippen molar-refractivity contribution in [3.63, 3.8) is 0 Å². The van der Waals surface area contributed by atoms with E-state index in [1.807, 2.05) is 55.5 Å². The average molecular weight is 375 g/mol. The van der Waals surface area contributed by atoms with E-state index in [-0.39, 0.29) is 24.3 Å². The van der Waals surface area contributed by atoms with Gasteiger partial charge < -0.3 is 10.2 Å². The van der Waals surface area contributed by atoms with Crippen molar-refractivity contribution in [2.24, 2.45) is 0 Å². The van der Waals surface area contributed by atoms with Gasteiger partial charge in [-0.05, 0) is 36.8 Å². The van der Waals surface area contributed by atoms with Crippen LogP contribution in [-0.4, -0.2) is 29.0 Å². The molecule has 1 heterocycles. The molecule has 2 atom stereocenters. The number of hydrogen-bond acceptors (Lipinski definition) is 3. The van der Waals surface area contributed by atoms with E-state index in [4.69, 9.17) is 11.6 Å². The number of benzene rings is 2. The maximum atomic E-state index is 12.7. The van der Waals surface area contributed by atoms with Gasteiger partial charge in [0.25, 0.3) is 0 Å². The summed E-state index contributed by atoms with van der Waals surface area (Å²) in [6.45, 7) is 1.96. The maximum absolute atomic E-state index is 12.7. The van der Waals surface area contributed by atoms with E-state index in [0.29, 0.717) is 5.02 Å². The van der Waals surface area contributed by atoms with Crippen LogP contribution in [0.4, 0.5) is 5.69 Å². The van der Waals surface area contributed by atoms with Crippen molar-refractivity contribution in [3.05, 3.63) is 59.1 Å². The first kappa shape index (κ1) is 17.8. The molecule has 4 nitrogen and oxygen atoms in total. The molecule has 0 saturated heterocycles. The van der Waals surface area contributed by atoms with Gasteiger partial charge in [-0.15, -0.1) is 11.8 Å². The number of amides is 2. The fourth-order valence-corrected chi connectivity index (χ4v) is 3.94. The highest BCUT2D eigenvalue weighted by Crippen LogP contribution is 2.37. The number of para-hydroxylation sites is 1. The fraction of sp³-hybridized carbons (Fsp3) is 0.263. The third-order valence-electron chi connectivity index (χ3n) is 4.39. The van der Waals surface area contributed by atoms with Crippen molar-refractivity contribution in [1.82, 2.24) is 4.90 Å². The van der Waals surface area contributed by atoms with Gasteiger partial charge in [0.05, 0.1) is 17.0 Å². The molecule has 2 amide bonds. The van der Waals surface area contributed by atoms with Gasteiger partial charge in [0.2, 0.25) is 11.8 Å². The maximum Gasteiger partial charge on any atom is 0.238 e. The smallest absolute Gasteiger partial charge is 0.238 e. The number of rotatable bonds is 4. The zero-order valence-corrected chi connectivity index (χ0v) is 15.6. The monoisotopic (exact) mass is 374 g/mol. The lowest BCUT2D eigenvalue weighted by Gasteiger charge is -2.29. The van der Waals surface area contributed by atoms with Gasteiger partial charge in [0.1, 0.15) is 0 Å². The number of carbonyl (C=O) groups is 2. The Kier molecular flexibility index (Phi) is 5.35. The van der Waals surface area contributed by atoms with Crippen molar-refractivity contribution >= 4 is 40.9 Å². The van der Waals surface area contributed by atoms with Gasteiger partial charge >= 0.3 is 0 Å². The molecule has 0 saturated carbocycles. The zero-order chi connectivity index (χ0) is 18.0. The second-order valence-corrected chi connectivity index (χ2v) is 7.71. The van der Waals surface area contributed by atoms with Crippen molar-refractivity contribution in [2.75, 3.05) is 12.4 Å². The SMILES string of the molecule is CC(c1ccc(Cl)cc1)N(C)C(=O)CC1Sc2ccccc2NC1=O. The average Bonchev–Trinajstić information content (AvgIpc) is 2.61. The molecule has 2 unspecified atom stereocenters. The predicted octanol–water partition coefficient (Wildman–Crippen LogP) is 4.36. The Balaban J connectivity index is 1.67. The molecule has 0 fully saturated rings. The first-order chi connectivity index (χ1) is 12.0. The highest BCUT2D eigenvalue weighted by atomic mass is 35.5. The largest absolute Gasteiger partial charge is 0.339 e. The topological polar surface area (TPSA) is 49.4 Å². The molecule has 2 aromatic rings. The number of nitrogens with zero attached hydrogens (tertiary/aromatic N) is 1. The van der Waals surface area contributed by atoms with Crippen molar-refractivity contribution in [2.45, 2.75) is 29.5 Å². The van der Waals surface area contributed by atoms with Gasteiger partial charge in [-0.25, -0.2) is 0 Å². The Labute approximate surface area is 156 Å². The summed E-state index contributed by atoms with van der Waals surface area (Å²) >= 11 is 7.36. The minimum Gasteiger partial charge on any atom is -0.339 e. The summed E-state index contributed by atoms with van der Waals surface area (Å²) in [6, 6.07) is 15.0. The minimum atomic E-state index is -0.415. The highest BCUT2D eigenvalue weighted by molar-refractivity contribution is 8.01. The van der Waals surface area contributed by atoms with E-state index in [0.717, 1.165) is 16.1 Å². The zero-order valence-electron chi connectivity index (χ0n) is 14.0. The number of hydrogen-bond donors (Lipinski definition) is 1. The lowest BCUT2D eigenvalue weighted by Crippen LogP contribution is -2.36. The third kappa shape index (κ3) is 3.99. The van der Waals surface area contributed by atoms with Crippen LogP contribution < -0.4 is 5.32 Å². The molecule has 0 aromatic heterocycles. The fourth-order valence-electron chi connectivity index (χ4n) is 2.71. The van der Waals surface area contributed by atoms with Gasteiger partial charge in [-0.2, -0.15) is 0 Å². The molecule has 3 rings (SSSR count). The summed E-state index contributed by atoms with van der Waals surface area (Å²) in [6.07, 6.45) is 0.166. The van der Waals surface area contributed by atoms with Gasteiger partial charge in [0, 0.05) is 23.4 Å². The van der Waals surface area contributed by atoms with Crippen LogP contribution in [0.1, 0.15) is 24.9 Å². The minimum absolute atomic E-state index is 0.0607.